The molecule has 300 valence electrons. The predicted octanol–water partition coefficient (Wildman–Crippen LogP) is 2.28. The van der Waals surface area contributed by atoms with Gasteiger partial charge in [-0.15, -0.1) is 11.3 Å². The maximum Gasteiger partial charge on any atom is 0.338 e. The molecule has 3 aliphatic carbocycles. The van der Waals surface area contributed by atoms with E-state index in [0.717, 1.165) is 0 Å². The van der Waals surface area contributed by atoms with Crippen molar-refractivity contribution in [2.45, 2.75) is 108 Å². The molecule has 56 heavy (non-hydrogen) atoms. The van der Waals surface area contributed by atoms with E-state index in [0.29, 0.717) is 18.0 Å². The van der Waals surface area contributed by atoms with Crippen molar-refractivity contribution in [1.82, 2.24) is 10.2 Å². The standard InChI is InChI=1S/C39H50N2O12S.2Ac/c1-7-41(8-2)35(48)40-27(23-15-12-16-54-23)29(44)34(47)52-22-18-39(50)32(53-33(46)21-13-10-9-11-14-21)30-37(6,24(42)17-25-38(30,49)19-51-25)31(45)28(43)26(20(22)3)36(39,4)5;;/h9-16,22,24-25,27-30,32,42-44,49-50H,7-8,17-19H2,1-6H3,(H,40,48);;/t22?,24?,25?,27?,28?,29?,30?,32?,37-,38?,39?;;/m1../s1. The summed E-state index contributed by atoms with van der Waals surface area (Å²) in [5.41, 5.74) is -7.41. The first kappa shape index (κ1) is 47.9. The number of benzene rings is 1. The molecule has 1 aliphatic heterocycles. The number of carbonyl (C=O) groups excluding carboxylic acids is 4. The first-order valence-corrected chi connectivity index (χ1v) is 19.2. The monoisotopic (exact) mass is 1220 g/mol. The average molecular weight is 1220 g/mol. The second-order valence-electron chi connectivity index (χ2n) is 15.6. The van der Waals surface area contributed by atoms with Crippen molar-refractivity contribution in [3.8, 4) is 0 Å². The molecule has 2 heterocycles. The Labute approximate surface area is 401 Å². The number of ether oxygens (including phenoxy) is 3. The minimum atomic E-state index is -2.28. The molecule has 2 radical (unpaired) electrons. The van der Waals surface area contributed by atoms with Crippen LogP contribution in [0, 0.1) is 105 Å². The second kappa shape index (κ2) is 18.0. The molecule has 1 aromatic carbocycles. The first-order valence-electron chi connectivity index (χ1n) is 18.3. The molecule has 1 saturated heterocycles. The Hall–Kier alpha value is -0.817. The van der Waals surface area contributed by atoms with Crippen LogP contribution >= 0.6 is 11.3 Å². The number of hydrogen-bond donors (Lipinski definition) is 6. The van der Waals surface area contributed by atoms with Gasteiger partial charge in [0.15, 0.2) is 11.9 Å². The summed E-state index contributed by atoms with van der Waals surface area (Å²) in [7, 11) is 0. The van der Waals surface area contributed by atoms with Crippen LogP contribution in [0.4, 0.5) is 4.79 Å². The van der Waals surface area contributed by atoms with Gasteiger partial charge in [-0.05, 0) is 62.4 Å². The molecule has 3 fully saturated rings. The Bertz CT molecular complexity index is 1810. The van der Waals surface area contributed by atoms with Gasteiger partial charge in [0.1, 0.15) is 35.6 Å². The zero-order chi connectivity index (χ0) is 39.5. The van der Waals surface area contributed by atoms with Gasteiger partial charge in [0, 0.05) is 130 Å². The van der Waals surface area contributed by atoms with Crippen LogP contribution in [0.5, 0.6) is 0 Å². The summed E-state index contributed by atoms with van der Waals surface area (Å²) >= 11 is 1.21. The molecule has 1 aromatic heterocycles. The predicted molar refractivity (Wildman–Crippen MR) is 194 cm³/mol. The molecule has 14 nitrogen and oxygen atoms in total. The number of aliphatic hydroxyl groups excluding tert-OH is 3. The second-order valence-corrected chi connectivity index (χ2v) is 16.6. The van der Waals surface area contributed by atoms with Crippen LogP contribution < -0.4 is 5.32 Å². The number of aliphatic hydroxyl groups is 5. The Morgan fingerprint density at radius 2 is 1.66 bits per heavy atom. The van der Waals surface area contributed by atoms with Gasteiger partial charge in [0.05, 0.1) is 29.8 Å². The number of amides is 2. The maximum atomic E-state index is 14.7. The molecule has 11 atom stereocenters. The number of urea groups is 1. The third kappa shape index (κ3) is 7.81. The van der Waals surface area contributed by atoms with Gasteiger partial charge in [-0.3, -0.25) is 4.79 Å². The molecular weight excluding hydrogens is 1170 g/mol. The number of ketones is 1. The normalized spacial score (nSPS) is 33.9. The number of Topliss-reactive ketones (excluding diaryl/α,β-unsaturated/α-hetero) is 1. The number of nitrogens with one attached hydrogen (secondary N) is 1. The summed E-state index contributed by atoms with van der Waals surface area (Å²) in [5.74, 6) is -4.45. The van der Waals surface area contributed by atoms with Crippen LogP contribution in [0.1, 0.15) is 75.7 Å². The number of carbonyl (C=O) groups is 4. The van der Waals surface area contributed by atoms with Crippen molar-refractivity contribution in [2.24, 2.45) is 16.7 Å². The summed E-state index contributed by atoms with van der Waals surface area (Å²) < 4.78 is 17.8. The molecule has 2 amide bonds. The van der Waals surface area contributed by atoms with Crippen molar-refractivity contribution in [3.63, 3.8) is 0 Å². The molecule has 4 aliphatic rings. The van der Waals surface area contributed by atoms with Crippen molar-refractivity contribution in [2.75, 3.05) is 19.7 Å². The number of fused-ring (bicyclic) bond motifs is 5. The summed E-state index contributed by atoms with van der Waals surface area (Å²) in [4.78, 5) is 57.6. The third-order valence-corrected chi connectivity index (χ3v) is 13.6. The molecule has 0 spiro atoms. The van der Waals surface area contributed by atoms with Crippen LogP contribution in [-0.4, -0.2) is 122 Å². The smallest absolute Gasteiger partial charge is 0.338 e. The van der Waals surface area contributed by atoms with E-state index >= 15 is 0 Å². The van der Waals surface area contributed by atoms with Crippen LogP contribution in [0.15, 0.2) is 59.0 Å². The van der Waals surface area contributed by atoms with Crippen molar-refractivity contribution in [3.05, 3.63) is 69.4 Å². The quantitative estimate of drug-likeness (QED) is 0.158. The van der Waals surface area contributed by atoms with Gasteiger partial charge in [-0.2, -0.15) is 0 Å². The summed E-state index contributed by atoms with van der Waals surface area (Å²) in [6, 6.07) is 9.55. The van der Waals surface area contributed by atoms with Gasteiger partial charge in [0.2, 0.25) is 0 Å². The van der Waals surface area contributed by atoms with E-state index < -0.39 is 101 Å². The molecule has 10 unspecified atom stereocenters. The van der Waals surface area contributed by atoms with Crippen LogP contribution in [0.2, 0.25) is 0 Å². The fourth-order valence-corrected chi connectivity index (χ4v) is 10.0. The Morgan fingerprint density at radius 1 is 1.02 bits per heavy atom. The Balaban J connectivity index is 0.00000348. The van der Waals surface area contributed by atoms with Gasteiger partial charge in [0.25, 0.3) is 0 Å². The average Bonchev–Trinajstić information content (AvgIpc) is 3.68. The van der Waals surface area contributed by atoms with Crippen LogP contribution in [-0.2, 0) is 23.8 Å². The van der Waals surface area contributed by atoms with Gasteiger partial charge in [-0.1, -0.05) is 38.1 Å². The Kier molecular flexibility index (Phi) is 15.4. The minimum Gasteiger partial charge on any atom is -0.456 e. The summed E-state index contributed by atoms with van der Waals surface area (Å²) in [6.45, 7) is 10.1. The zero-order valence-electron chi connectivity index (χ0n) is 32.4. The fraction of sp³-hybridized carbons (Fsp3) is 0.590. The van der Waals surface area contributed by atoms with Gasteiger partial charge >= 0.3 is 18.0 Å². The number of esters is 2. The van der Waals surface area contributed by atoms with Crippen molar-refractivity contribution in [1.29, 1.82) is 0 Å². The van der Waals surface area contributed by atoms with Crippen molar-refractivity contribution >= 4 is 35.1 Å². The van der Waals surface area contributed by atoms with Crippen LogP contribution in [0.25, 0.3) is 0 Å². The molecule has 2 aromatic rings. The van der Waals surface area contributed by atoms with Gasteiger partial charge < -0.3 is 50.0 Å². The topological polar surface area (TPSA) is 212 Å². The van der Waals surface area contributed by atoms with E-state index in [1.807, 2.05) is 0 Å². The third-order valence-electron chi connectivity index (χ3n) is 12.6. The van der Waals surface area contributed by atoms with Gasteiger partial charge in [-0.25, -0.2) is 14.4 Å². The summed E-state index contributed by atoms with van der Waals surface area (Å²) in [5, 5.41) is 65.1. The first-order chi connectivity index (χ1) is 25.4. The van der Waals surface area contributed by atoms with E-state index in [-0.39, 0.29) is 118 Å². The van der Waals surface area contributed by atoms with Crippen LogP contribution in [0.3, 0.4) is 0 Å². The molecule has 6 rings (SSSR count). The van der Waals surface area contributed by atoms with E-state index in [9.17, 15) is 44.7 Å². The molecule has 2 saturated carbocycles. The SMILES string of the molecule is CCN(CC)C(=O)NC(c1cccs1)C(O)C(=O)OC1CC2(O)C(OC(=O)c3ccccc3)C3C4(O)COC4CC(O)[C@@]3(C)C(=O)C(O)C(=C1C)C2(C)C.[Ac].[Ac]. The maximum absolute atomic E-state index is 14.7. The summed E-state index contributed by atoms with van der Waals surface area (Å²) in [6.07, 6.45) is -10.1. The van der Waals surface area contributed by atoms with E-state index in [1.54, 1.807) is 63.4 Å². The van der Waals surface area contributed by atoms with E-state index in [4.69, 9.17) is 14.2 Å². The number of thiophene rings is 1. The number of hydrogen-bond acceptors (Lipinski definition) is 13. The number of rotatable bonds is 9. The zero-order valence-corrected chi connectivity index (χ0v) is 42.7. The fourth-order valence-electron chi connectivity index (χ4n) is 9.23. The number of nitrogens with zero attached hydrogens (tertiary/aromatic N) is 1. The molecule has 17 heteroatoms. The van der Waals surface area contributed by atoms with E-state index in [2.05, 4.69) is 5.32 Å². The molecule has 6 N–H and O–H groups in total. The van der Waals surface area contributed by atoms with E-state index in [1.165, 1.54) is 42.2 Å². The molecular formula is C39H50Ac2N2O12S. The largest absolute Gasteiger partial charge is 0.456 e. The minimum absolute atomic E-state index is 0. The Morgan fingerprint density at radius 3 is 2.21 bits per heavy atom. The van der Waals surface area contributed by atoms with Crippen molar-refractivity contribution < 1.29 is 147 Å². The molecule has 2 bridgehead atoms.